The highest BCUT2D eigenvalue weighted by Gasteiger charge is 2.30. The Kier molecular flexibility index (Phi) is 6.63. The first-order valence-corrected chi connectivity index (χ1v) is 10.2. The van der Waals surface area contributed by atoms with Gasteiger partial charge in [0.1, 0.15) is 0 Å². The third-order valence-corrected chi connectivity index (χ3v) is 5.83. The Morgan fingerprint density at radius 3 is 2.45 bits per heavy atom. The number of fused-ring (bicyclic) bond motifs is 1. The van der Waals surface area contributed by atoms with Gasteiger partial charge in [0, 0.05) is 32.6 Å². The lowest BCUT2D eigenvalue weighted by Crippen LogP contribution is -2.26. The van der Waals surface area contributed by atoms with Crippen molar-refractivity contribution in [3.63, 3.8) is 0 Å². The summed E-state index contributed by atoms with van der Waals surface area (Å²) in [6.07, 6.45) is -4.33. The van der Waals surface area contributed by atoms with E-state index in [0.29, 0.717) is 13.1 Å². The van der Waals surface area contributed by atoms with E-state index >= 15 is 0 Å². The molecule has 1 aromatic heterocycles. The van der Waals surface area contributed by atoms with Crippen molar-refractivity contribution in [2.75, 3.05) is 26.2 Å². The maximum absolute atomic E-state index is 12.8. The summed E-state index contributed by atoms with van der Waals surface area (Å²) in [7, 11) is 0. The smallest absolute Gasteiger partial charge is 0.395 e. The van der Waals surface area contributed by atoms with Gasteiger partial charge in [0.25, 0.3) is 0 Å². The first-order chi connectivity index (χ1) is 13.8. The predicted octanol–water partition coefficient (Wildman–Crippen LogP) is 5.56. The van der Waals surface area contributed by atoms with Crippen LogP contribution in [-0.4, -0.2) is 36.2 Å². The summed E-state index contributed by atoms with van der Waals surface area (Å²) in [5, 5.41) is 10.1. The van der Waals surface area contributed by atoms with Gasteiger partial charge in [-0.05, 0) is 43.3 Å². The Balaban J connectivity index is 1.88. The summed E-state index contributed by atoms with van der Waals surface area (Å²) in [5.41, 5.74) is 2.01. The van der Waals surface area contributed by atoms with Gasteiger partial charge in [-0.25, -0.2) is 0 Å². The molecule has 0 fully saturated rings. The number of aliphatic hydroxyl groups is 1. The standard InChI is InChI=1S/C23H22F3NOS/c1-3-27(13-14-28)12-4-5-17-6-11-20-21(15-17)29-16(2)22(20)18-7-9-19(10-8-18)23(24,25)26/h6-11,15,28H,3,12-14H2,1-2H3. The fraction of sp³-hybridized carbons (Fsp3) is 0.304. The molecular formula is C23H22F3NOS. The SMILES string of the molecule is CCN(CC#Cc1ccc2c(-c3ccc(C(F)(F)F)cc3)c(C)sc2c1)CCO. The number of thiophene rings is 1. The molecule has 2 aromatic carbocycles. The van der Waals surface area contributed by atoms with Gasteiger partial charge in [0.2, 0.25) is 0 Å². The second kappa shape index (κ2) is 9.00. The van der Waals surface area contributed by atoms with Crippen molar-refractivity contribution in [3.05, 3.63) is 58.5 Å². The Morgan fingerprint density at radius 2 is 1.83 bits per heavy atom. The highest BCUT2D eigenvalue weighted by atomic mass is 32.1. The zero-order valence-electron chi connectivity index (χ0n) is 16.3. The lowest BCUT2D eigenvalue weighted by Gasteiger charge is -2.14. The third kappa shape index (κ3) is 4.99. The van der Waals surface area contributed by atoms with Gasteiger partial charge in [0.15, 0.2) is 0 Å². The zero-order valence-corrected chi connectivity index (χ0v) is 17.1. The molecule has 0 aliphatic carbocycles. The third-order valence-electron chi connectivity index (χ3n) is 4.77. The Labute approximate surface area is 172 Å². The van der Waals surface area contributed by atoms with Crippen molar-refractivity contribution in [2.45, 2.75) is 20.0 Å². The Bertz CT molecular complexity index is 1040. The molecule has 0 amide bonds. The minimum absolute atomic E-state index is 0.114. The van der Waals surface area contributed by atoms with Gasteiger partial charge in [-0.15, -0.1) is 11.3 Å². The average Bonchev–Trinajstić information content (AvgIpc) is 3.01. The Hall–Kier alpha value is -2.33. The molecule has 0 unspecified atom stereocenters. The molecule has 0 aliphatic rings. The van der Waals surface area contributed by atoms with Gasteiger partial charge in [0.05, 0.1) is 18.7 Å². The fourth-order valence-corrected chi connectivity index (χ4v) is 4.35. The van der Waals surface area contributed by atoms with Crippen LogP contribution in [0, 0.1) is 18.8 Å². The van der Waals surface area contributed by atoms with Crippen molar-refractivity contribution in [1.82, 2.24) is 4.90 Å². The second-order valence-electron chi connectivity index (χ2n) is 6.71. The quantitative estimate of drug-likeness (QED) is 0.550. The number of halogens is 3. The molecule has 1 heterocycles. The van der Waals surface area contributed by atoms with E-state index in [4.69, 9.17) is 5.11 Å². The normalized spacial score (nSPS) is 11.7. The monoisotopic (exact) mass is 417 g/mol. The lowest BCUT2D eigenvalue weighted by atomic mass is 10.00. The van der Waals surface area contributed by atoms with Crippen molar-refractivity contribution >= 4 is 21.4 Å². The average molecular weight is 417 g/mol. The van der Waals surface area contributed by atoms with Crippen LogP contribution in [0.4, 0.5) is 13.2 Å². The summed E-state index contributed by atoms with van der Waals surface area (Å²) in [6, 6.07) is 11.3. The summed E-state index contributed by atoms with van der Waals surface area (Å²) in [5.74, 6) is 6.30. The molecule has 29 heavy (non-hydrogen) atoms. The number of alkyl halides is 3. The zero-order chi connectivity index (χ0) is 21.0. The molecule has 0 radical (unpaired) electrons. The number of aryl methyl sites for hydroxylation is 1. The molecule has 3 aromatic rings. The molecule has 0 saturated heterocycles. The number of aliphatic hydroxyl groups excluding tert-OH is 1. The summed E-state index contributed by atoms with van der Waals surface area (Å²) in [6.45, 7) is 6.15. The number of rotatable bonds is 5. The number of benzene rings is 2. The molecule has 0 bridgehead atoms. The largest absolute Gasteiger partial charge is 0.416 e. The molecule has 0 atom stereocenters. The molecule has 6 heteroatoms. The van der Waals surface area contributed by atoms with E-state index in [2.05, 4.69) is 16.7 Å². The van der Waals surface area contributed by atoms with Crippen molar-refractivity contribution in [2.24, 2.45) is 0 Å². The molecule has 0 aliphatic heterocycles. The molecular weight excluding hydrogens is 395 g/mol. The molecule has 0 saturated carbocycles. The van der Waals surface area contributed by atoms with Crippen LogP contribution < -0.4 is 0 Å². The van der Waals surface area contributed by atoms with E-state index in [-0.39, 0.29) is 6.61 Å². The van der Waals surface area contributed by atoms with Gasteiger partial charge in [-0.2, -0.15) is 13.2 Å². The Morgan fingerprint density at radius 1 is 1.10 bits per heavy atom. The number of hydrogen-bond donors (Lipinski definition) is 1. The van der Waals surface area contributed by atoms with E-state index < -0.39 is 11.7 Å². The van der Waals surface area contributed by atoms with Gasteiger partial charge < -0.3 is 5.11 Å². The summed E-state index contributed by atoms with van der Waals surface area (Å²) >= 11 is 1.62. The lowest BCUT2D eigenvalue weighted by molar-refractivity contribution is -0.137. The van der Waals surface area contributed by atoms with E-state index in [1.54, 1.807) is 11.3 Å². The first kappa shape index (κ1) is 21.4. The van der Waals surface area contributed by atoms with E-state index in [1.807, 2.05) is 32.0 Å². The van der Waals surface area contributed by atoms with Crippen LogP contribution in [0.3, 0.4) is 0 Å². The summed E-state index contributed by atoms with van der Waals surface area (Å²) < 4.78 is 39.6. The van der Waals surface area contributed by atoms with Crippen LogP contribution in [0.2, 0.25) is 0 Å². The van der Waals surface area contributed by atoms with Gasteiger partial charge in [-0.3, -0.25) is 4.90 Å². The van der Waals surface area contributed by atoms with Crippen molar-refractivity contribution in [1.29, 1.82) is 0 Å². The van der Waals surface area contributed by atoms with Crippen LogP contribution in [0.1, 0.15) is 22.9 Å². The second-order valence-corrected chi connectivity index (χ2v) is 7.97. The highest BCUT2D eigenvalue weighted by Crippen LogP contribution is 2.39. The van der Waals surface area contributed by atoms with Crippen molar-refractivity contribution in [3.8, 4) is 23.0 Å². The van der Waals surface area contributed by atoms with Crippen LogP contribution in [0.15, 0.2) is 42.5 Å². The number of hydrogen-bond acceptors (Lipinski definition) is 3. The first-order valence-electron chi connectivity index (χ1n) is 9.36. The molecule has 152 valence electrons. The number of likely N-dealkylation sites (N-methyl/N-ethyl adjacent to an activating group) is 1. The predicted molar refractivity (Wildman–Crippen MR) is 113 cm³/mol. The maximum Gasteiger partial charge on any atom is 0.416 e. The van der Waals surface area contributed by atoms with Crippen LogP contribution in [-0.2, 0) is 6.18 Å². The maximum atomic E-state index is 12.8. The van der Waals surface area contributed by atoms with Crippen molar-refractivity contribution < 1.29 is 18.3 Å². The molecule has 1 N–H and O–H groups in total. The van der Waals surface area contributed by atoms with E-state index in [1.165, 1.54) is 12.1 Å². The highest BCUT2D eigenvalue weighted by molar-refractivity contribution is 7.19. The fourth-order valence-electron chi connectivity index (χ4n) is 3.23. The van der Waals surface area contributed by atoms with Gasteiger partial charge in [-0.1, -0.05) is 37.0 Å². The van der Waals surface area contributed by atoms with E-state index in [0.717, 1.165) is 50.3 Å². The molecule has 3 rings (SSSR count). The summed E-state index contributed by atoms with van der Waals surface area (Å²) in [4.78, 5) is 3.12. The van der Waals surface area contributed by atoms with Crippen LogP contribution in [0.25, 0.3) is 21.2 Å². The van der Waals surface area contributed by atoms with E-state index in [9.17, 15) is 13.2 Å². The minimum Gasteiger partial charge on any atom is -0.395 e. The van der Waals surface area contributed by atoms with Gasteiger partial charge >= 0.3 is 6.18 Å². The molecule has 2 nitrogen and oxygen atoms in total. The topological polar surface area (TPSA) is 23.5 Å². The minimum atomic E-state index is -4.33. The number of nitrogens with zero attached hydrogens (tertiary/aromatic N) is 1. The van der Waals surface area contributed by atoms with Crippen LogP contribution >= 0.6 is 11.3 Å². The molecule has 0 spiro atoms. The van der Waals surface area contributed by atoms with Crippen LogP contribution in [0.5, 0.6) is 0 Å².